The van der Waals surface area contributed by atoms with Crippen LogP contribution in [0.1, 0.15) is 10.6 Å². The SMILES string of the molecule is CN(C(=O)c1ccc(Cl)o1)c1ccncc1N. The summed E-state index contributed by atoms with van der Waals surface area (Å²) in [5, 5.41) is 0.171. The molecule has 2 aromatic rings. The smallest absolute Gasteiger partial charge is 0.293 e. The fraction of sp³-hybridized carbons (Fsp3) is 0.0909. The van der Waals surface area contributed by atoms with Crippen LogP contribution in [-0.4, -0.2) is 17.9 Å². The topological polar surface area (TPSA) is 72.4 Å². The molecule has 2 rings (SSSR count). The molecule has 0 aliphatic heterocycles. The summed E-state index contributed by atoms with van der Waals surface area (Å²) in [7, 11) is 1.60. The van der Waals surface area contributed by atoms with Crippen molar-refractivity contribution in [2.45, 2.75) is 0 Å². The van der Waals surface area contributed by atoms with Crippen molar-refractivity contribution in [3.8, 4) is 0 Å². The number of rotatable bonds is 2. The normalized spacial score (nSPS) is 10.2. The van der Waals surface area contributed by atoms with Crippen LogP contribution in [0.25, 0.3) is 0 Å². The Labute approximate surface area is 103 Å². The Balaban J connectivity index is 2.29. The van der Waals surface area contributed by atoms with Crippen LogP contribution < -0.4 is 10.6 Å². The molecule has 0 unspecified atom stereocenters. The molecule has 17 heavy (non-hydrogen) atoms. The lowest BCUT2D eigenvalue weighted by molar-refractivity contribution is 0.0966. The van der Waals surface area contributed by atoms with Crippen LogP contribution >= 0.6 is 11.6 Å². The van der Waals surface area contributed by atoms with Gasteiger partial charge in [-0.05, 0) is 29.8 Å². The molecule has 2 N–H and O–H groups in total. The Morgan fingerprint density at radius 2 is 2.24 bits per heavy atom. The Hall–Kier alpha value is -2.01. The van der Waals surface area contributed by atoms with Crippen molar-refractivity contribution in [3.05, 3.63) is 41.6 Å². The van der Waals surface area contributed by atoms with Gasteiger partial charge in [0.2, 0.25) is 0 Å². The van der Waals surface area contributed by atoms with Crippen LogP contribution in [0.5, 0.6) is 0 Å². The third kappa shape index (κ3) is 2.24. The second-order valence-corrected chi connectivity index (χ2v) is 3.77. The lowest BCUT2D eigenvalue weighted by atomic mass is 10.3. The van der Waals surface area contributed by atoms with E-state index in [1.165, 1.54) is 23.2 Å². The van der Waals surface area contributed by atoms with Gasteiger partial charge in [-0.3, -0.25) is 9.78 Å². The Kier molecular flexibility index (Phi) is 3.01. The number of halogens is 1. The van der Waals surface area contributed by atoms with Crippen LogP contribution in [-0.2, 0) is 0 Å². The van der Waals surface area contributed by atoms with E-state index in [4.69, 9.17) is 21.8 Å². The summed E-state index contributed by atoms with van der Waals surface area (Å²) in [4.78, 5) is 17.2. The zero-order valence-corrected chi connectivity index (χ0v) is 9.81. The number of anilines is 2. The van der Waals surface area contributed by atoms with Crippen LogP contribution in [0, 0.1) is 0 Å². The molecule has 88 valence electrons. The molecule has 0 bridgehead atoms. The first-order valence-corrected chi connectivity index (χ1v) is 5.20. The number of furan rings is 1. The summed E-state index contributed by atoms with van der Waals surface area (Å²) in [6.45, 7) is 0. The maximum atomic E-state index is 12.0. The average molecular weight is 252 g/mol. The maximum absolute atomic E-state index is 12.0. The molecule has 6 heteroatoms. The molecule has 0 saturated carbocycles. The van der Waals surface area contributed by atoms with Crippen LogP contribution in [0.2, 0.25) is 5.22 Å². The van der Waals surface area contributed by atoms with E-state index in [1.807, 2.05) is 0 Å². The van der Waals surface area contributed by atoms with Gasteiger partial charge in [-0.15, -0.1) is 0 Å². The van der Waals surface area contributed by atoms with Gasteiger partial charge in [-0.2, -0.15) is 0 Å². The fourth-order valence-corrected chi connectivity index (χ4v) is 1.55. The first kappa shape index (κ1) is 11.5. The second-order valence-electron chi connectivity index (χ2n) is 3.40. The van der Waals surface area contributed by atoms with Crippen molar-refractivity contribution >= 4 is 28.9 Å². The predicted octanol–water partition coefficient (Wildman–Crippen LogP) is 2.19. The highest BCUT2D eigenvalue weighted by atomic mass is 35.5. The minimum atomic E-state index is -0.324. The highest BCUT2D eigenvalue weighted by Gasteiger charge is 2.18. The number of carbonyl (C=O) groups is 1. The van der Waals surface area contributed by atoms with Crippen molar-refractivity contribution in [3.63, 3.8) is 0 Å². The minimum absolute atomic E-state index is 0.161. The van der Waals surface area contributed by atoms with E-state index in [1.54, 1.807) is 19.3 Å². The van der Waals surface area contributed by atoms with Crippen molar-refractivity contribution in [2.24, 2.45) is 0 Å². The fourth-order valence-electron chi connectivity index (χ4n) is 1.41. The van der Waals surface area contributed by atoms with Gasteiger partial charge in [-0.1, -0.05) is 0 Å². The van der Waals surface area contributed by atoms with Gasteiger partial charge in [0.25, 0.3) is 5.91 Å². The molecule has 0 aliphatic rings. The highest BCUT2D eigenvalue weighted by molar-refractivity contribution is 6.29. The molecular formula is C11H10ClN3O2. The number of carbonyl (C=O) groups excluding carboxylic acids is 1. The molecule has 5 nitrogen and oxygen atoms in total. The quantitative estimate of drug-likeness (QED) is 0.888. The zero-order chi connectivity index (χ0) is 12.4. The first-order valence-electron chi connectivity index (χ1n) is 4.82. The van der Waals surface area contributed by atoms with Crippen LogP contribution in [0.15, 0.2) is 35.0 Å². The summed E-state index contributed by atoms with van der Waals surface area (Å²) in [6, 6.07) is 4.68. The Morgan fingerprint density at radius 3 is 2.82 bits per heavy atom. The first-order chi connectivity index (χ1) is 8.09. The molecule has 0 spiro atoms. The molecule has 0 aliphatic carbocycles. The van der Waals surface area contributed by atoms with Crippen LogP contribution in [0.3, 0.4) is 0 Å². The molecule has 2 aromatic heterocycles. The van der Waals surface area contributed by atoms with Crippen molar-refractivity contribution in [1.82, 2.24) is 4.98 Å². The third-order valence-electron chi connectivity index (χ3n) is 2.28. The van der Waals surface area contributed by atoms with E-state index >= 15 is 0 Å². The molecule has 1 amide bonds. The number of nitrogens with zero attached hydrogens (tertiary/aromatic N) is 2. The van der Waals surface area contributed by atoms with Crippen molar-refractivity contribution in [2.75, 3.05) is 17.7 Å². The van der Waals surface area contributed by atoms with E-state index in [0.29, 0.717) is 11.4 Å². The molecule has 0 atom stereocenters. The number of nitrogens with two attached hydrogens (primary N) is 1. The van der Waals surface area contributed by atoms with E-state index < -0.39 is 0 Å². The van der Waals surface area contributed by atoms with E-state index in [-0.39, 0.29) is 16.9 Å². The maximum Gasteiger partial charge on any atom is 0.293 e. The number of nitrogen functional groups attached to an aromatic ring is 1. The monoisotopic (exact) mass is 251 g/mol. The van der Waals surface area contributed by atoms with Gasteiger partial charge >= 0.3 is 0 Å². The number of hydrogen-bond acceptors (Lipinski definition) is 4. The van der Waals surface area contributed by atoms with Gasteiger partial charge < -0.3 is 15.1 Å². The number of pyridine rings is 1. The zero-order valence-electron chi connectivity index (χ0n) is 9.05. The second kappa shape index (κ2) is 4.47. The Morgan fingerprint density at radius 1 is 1.47 bits per heavy atom. The van der Waals surface area contributed by atoms with Crippen molar-refractivity contribution in [1.29, 1.82) is 0 Å². The summed E-state index contributed by atoms with van der Waals surface area (Å²) < 4.78 is 5.05. The predicted molar refractivity (Wildman–Crippen MR) is 65.1 cm³/mol. The summed E-state index contributed by atoms with van der Waals surface area (Å²) in [6.07, 6.45) is 3.04. The lowest BCUT2D eigenvalue weighted by Gasteiger charge is -2.17. The number of amides is 1. The van der Waals surface area contributed by atoms with E-state index in [0.717, 1.165) is 0 Å². The summed E-state index contributed by atoms with van der Waals surface area (Å²) in [5.74, 6) is -0.163. The van der Waals surface area contributed by atoms with Gasteiger partial charge in [0.05, 0.1) is 17.6 Å². The minimum Gasteiger partial charge on any atom is -0.440 e. The third-order valence-corrected chi connectivity index (χ3v) is 2.48. The largest absolute Gasteiger partial charge is 0.440 e. The lowest BCUT2D eigenvalue weighted by Crippen LogP contribution is -2.26. The van der Waals surface area contributed by atoms with Crippen molar-refractivity contribution < 1.29 is 9.21 Å². The number of aromatic nitrogens is 1. The molecule has 0 radical (unpaired) electrons. The van der Waals surface area contributed by atoms with E-state index in [2.05, 4.69) is 4.98 Å². The Bertz CT molecular complexity index is 553. The molecule has 0 saturated heterocycles. The highest BCUT2D eigenvalue weighted by Crippen LogP contribution is 2.23. The standard InChI is InChI=1S/C11H10ClN3O2/c1-15(8-4-5-14-6-7(8)13)11(16)9-2-3-10(12)17-9/h2-6H,13H2,1H3. The van der Waals surface area contributed by atoms with Gasteiger partial charge in [0, 0.05) is 13.2 Å². The summed E-state index contributed by atoms with van der Waals surface area (Å²) in [5.41, 5.74) is 6.71. The molecular weight excluding hydrogens is 242 g/mol. The van der Waals surface area contributed by atoms with E-state index in [9.17, 15) is 4.79 Å². The molecule has 2 heterocycles. The van der Waals surface area contributed by atoms with Gasteiger partial charge in [0.1, 0.15) is 0 Å². The van der Waals surface area contributed by atoms with Gasteiger partial charge in [0.15, 0.2) is 11.0 Å². The average Bonchev–Trinajstić information content (AvgIpc) is 2.75. The van der Waals surface area contributed by atoms with Gasteiger partial charge in [-0.25, -0.2) is 0 Å². The summed E-state index contributed by atoms with van der Waals surface area (Å²) >= 11 is 5.61. The number of hydrogen-bond donors (Lipinski definition) is 1. The van der Waals surface area contributed by atoms with Crippen LogP contribution in [0.4, 0.5) is 11.4 Å². The molecule has 0 aromatic carbocycles. The molecule has 0 fully saturated rings.